The summed E-state index contributed by atoms with van der Waals surface area (Å²) in [6.07, 6.45) is 1.63. The maximum absolute atomic E-state index is 14.0. The first kappa shape index (κ1) is 41.9. The van der Waals surface area contributed by atoms with E-state index in [9.17, 15) is 37.8 Å². The minimum Gasteiger partial charge on any atom is -0.481 e. The Morgan fingerprint density at radius 2 is 1.64 bits per heavy atom. The van der Waals surface area contributed by atoms with E-state index in [1.54, 1.807) is 19.9 Å². The number of alkyl halides is 3. The third kappa shape index (κ3) is 6.71. The van der Waals surface area contributed by atoms with E-state index in [0.717, 1.165) is 68.2 Å². The lowest BCUT2D eigenvalue weighted by atomic mass is 9.33. The van der Waals surface area contributed by atoms with E-state index in [1.165, 1.54) is 6.07 Å². The van der Waals surface area contributed by atoms with Crippen molar-refractivity contribution in [1.29, 1.82) is 0 Å². The Hall–Kier alpha value is -2.72. The van der Waals surface area contributed by atoms with Crippen molar-refractivity contribution < 1.29 is 42.5 Å². The zero-order chi connectivity index (χ0) is 40.7. The summed E-state index contributed by atoms with van der Waals surface area (Å²) in [5.41, 5.74) is -0.531. The fourth-order valence-corrected chi connectivity index (χ4v) is 13.3. The Kier molecular flexibility index (Phi) is 10.7. The van der Waals surface area contributed by atoms with E-state index in [-0.39, 0.29) is 71.3 Å². The van der Waals surface area contributed by atoms with E-state index < -0.39 is 40.6 Å². The molecule has 4 saturated carbocycles. The number of hydrogen-bond donors (Lipinski definition) is 3. The number of Topliss-reactive ketones (excluding diaryl/α,β-unsaturated/α-hetero) is 1. The fourth-order valence-electron chi connectivity index (χ4n) is 13.3. The molecule has 5 aliphatic carbocycles. The van der Waals surface area contributed by atoms with Crippen LogP contribution in [0.5, 0.6) is 0 Å². The van der Waals surface area contributed by atoms with Gasteiger partial charge in [0.2, 0.25) is 0 Å². The number of carboxylic acid groups (broad SMARTS) is 1. The molecule has 306 valence electrons. The maximum Gasteiger partial charge on any atom is 0.416 e. The van der Waals surface area contributed by atoms with E-state index in [1.807, 2.05) is 0 Å². The molecule has 10 heteroatoms. The highest BCUT2D eigenvalue weighted by atomic mass is 19.4. The van der Waals surface area contributed by atoms with Gasteiger partial charge in [-0.2, -0.15) is 13.2 Å². The van der Waals surface area contributed by atoms with Crippen LogP contribution in [0.2, 0.25) is 0 Å². The van der Waals surface area contributed by atoms with Crippen LogP contribution in [-0.4, -0.2) is 46.7 Å². The highest BCUT2D eigenvalue weighted by molar-refractivity contribution is 6.00. The van der Waals surface area contributed by atoms with Crippen LogP contribution in [0.15, 0.2) is 35.4 Å². The average Bonchev–Trinajstić information content (AvgIpc) is 3.39. The SMILES string of the molecule is CC(C)C1=C2[C@H]3CC[C@@H]4[C@@]5(C)CC[C@H](OC(=O)CC(C)(C)C(=O)O)C(C)(C)[C@@H]5CC[C@@]4(C)[C@]3(C)CCC2([C@@H](O)CNCc2cccc(C(F)(F)F)c2)CC1=O. The Balaban J connectivity index is 1.25. The van der Waals surface area contributed by atoms with Crippen LogP contribution in [-0.2, 0) is 31.8 Å². The first-order valence-electron chi connectivity index (χ1n) is 20.6. The van der Waals surface area contributed by atoms with Crippen LogP contribution in [0.3, 0.4) is 0 Å². The molecule has 5 aliphatic rings. The summed E-state index contributed by atoms with van der Waals surface area (Å²) in [4.78, 5) is 38.9. The Morgan fingerprint density at radius 3 is 2.27 bits per heavy atom. The van der Waals surface area contributed by atoms with E-state index >= 15 is 0 Å². The number of aliphatic hydroxyl groups is 1. The molecule has 1 aromatic rings. The fraction of sp³-hybridized carbons (Fsp3) is 0.756. The smallest absolute Gasteiger partial charge is 0.416 e. The molecule has 0 aliphatic heterocycles. The van der Waals surface area contributed by atoms with Crippen molar-refractivity contribution in [3.05, 3.63) is 46.5 Å². The minimum absolute atomic E-state index is 0.00410. The van der Waals surface area contributed by atoms with Gasteiger partial charge in [0.05, 0.1) is 23.5 Å². The molecule has 0 radical (unpaired) electrons. The third-order valence-electron chi connectivity index (χ3n) is 16.4. The van der Waals surface area contributed by atoms with Crippen molar-refractivity contribution in [3.63, 3.8) is 0 Å². The third-order valence-corrected chi connectivity index (χ3v) is 16.4. The number of carbonyl (C=O) groups is 3. The summed E-state index contributed by atoms with van der Waals surface area (Å²) in [5, 5.41) is 25.0. The molecular weight excluding hydrogens is 707 g/mol. The largest absolute Gasteiger partial charge is 0.481 e. The molecule has 0 aromatic heterocycles. The summed E-state index contributed by atoms with van der Waals surface area (Å²) < 4.78 is 46.3. The van der Waals surface area contributed by atoms with Crippen LogP contribution in [0.25, 0.3) is 0 Å². The second kappa shape index (κ2) is 14.0. The van der Waals surface area contributed by atoms with Crippen LogP contribution in [0.4, 0.5) is 13.2 Å². The Bertz CT molecular complexity index is 1730. The molecule has 0 amide bonds. The second-order valence-corrected chi connectivity index (χ2v) is 20.4. The highest BCUT2D eigenvalue weighted by Crippen LogP contribution is 2.77. The number of ketones is 1. The van der Waals surface area contributed by atoms with Gasteiger partial charge in [-0.1, -0.05) is 72.2 Å². The van der Waals surface area contributed by atoms with Gasteiger partial charge >= 0.3 is 18.1 Å². The van der Waals surface area contributed by atoms with Gasteiger partial charge in [0.25, 0.3) is 0 Å². The van der Waals surface area contributed by atoms with Crippen molar-refractivity contribution in [2.75, 3.05) is 6.54 Å². The molecular formula is C45H64F3NO6. The number of carboxylic acids is 1. The molecule has 3 N–H and O–H groups in total. The number of fused-ring (bicyclic) bond motifs is 7. The number of carbonyl (C=O) groups excluding carboxylic acids is 2. The Morgan fingerprint density at radius 1 is 0.945 bits per heavy atom. The van der Waals surface area contributed by atoms with Gasteiger partial charge in [-0.3, -0.25) is 14.4 Å². The molecule has 1 aromatic carbocycles. The number of hydrogen-bond acceptors (Lipinski definition) is 6. The standard InChI is InChI=1S/C45H64F3NO6/c1-26(2)36-30(50)22-44(33(51)25-49-24-27-11-10-12-28(21-27)45(46,47)48)20-19-42(8)29(37(36)44)13-14-32-41(7)17-16-34(55-35(52)23-39(3,4)38(53)54)40(5,6)31(41)15-18-43(32,42)9/h10-12,21,26,29,31-34,49,51H,13-20,22-25H2,1-9H3,(H,53,54)/t29-,31+,32-,33+,34+,41+,42-,43-,44?/m1/s1. The summed E-state index contributed by atoms with van der Waals surface area (Å²) in [5.74, 6) is -0.494. The molecule has 7 nitrogen and oxygen atoms in total. The number of esters is 1. The molecule has 0 bridgehead atoms. The van der Waals surface area contributed by atoms with Gasteiger partial charge in [-0.15, -0.1) is 0 Å². The maximum atomic E-state index is 14.0. The summed E-state index contributed by atoms with van der Waals surface area (Å²) in [6, 6.07) is 5.25. The number of halogens is 3. The number of rotatable bonds is 10. The summed E-state index contributed by atoms with van der Waals surface area (Å²) in [6.45, 7) is 19.5. The summed E-state index contributed by atoms with van der Waals surface area (Å²) >= 11 is 0. The number of ether oxygens (including phenoxy) is 1. The van der Waals surface area contributed by atoms with Crippen molar-refractivity contribution in [2.24, 2.45) is 56.2 Å². The van der Waals surface area contributed by atoms with Crippen molar-refractivity contribution >= 4 is 17.7 Å². The molecule has 0 spiro atoms. The van der Waals surface area contributed by atoms with E-state index in [2.05, 4.69) is 53.8 Å². The molecule has 55 heavy (non-hydrogen) atoms. The molecule has 0 heterocycles. The van der Waals surface area contributed by atoms with Gasteiger partial charge in [-0.25, -0.2) is 0 Å². The quantitative estimate of drug-likeness (QED) is 0.203. The zero-order valence-electron chi connectivity index (χ0n) is 34.4. The predicted molar refractivity (Wildman–Crippen MR) is 205 cm³/mol. The highest BCUT2D eigenvalue weighted by Gasteiger charge is 2.70. The van der Waals surface area contributed by atoms with E-state index in [4.69, 9.17) is 4.74 Å². The lowest BCUT2D eigenvalue weighted by molar-refractivity contribution is -0.235. The lowest BCUT2D eigenvalue weighted by Crippen LogP contribution is -2.66. The molecule has 0 saturated heterocycles. The van der Waals surface area contributed by atoms with Crippen LogP contribution in [0.1, 0.15) is 138 Å². The molecule has 6 rings (SSSR count). The van der Waals surface area contributed by atoms with Crippen LogP contribution in [0, 0.1) is 56.2 Å². The number of nitrogens with one attached hydrogen (secondary N) is 1. The monoisotopic (exact) mass is 771 g/mol. The first-order valence-corrected chi connectivity index (χ1v) is 20.6. The number of aliphatic carboxylic acids is 1. The first-order chi connectivity index (χ1) is 25.3. The molecule has 9 atom stereocenters. The van der Waals surface area contributed by atoms with Crippen LogP contribution >= 0.6 is 0 Å². The van der Waals surface area contributed by atoms with Crippen LogP contribution < -0.4 is 5.32 Å². The van der Waals surface area contributed by atoms with Gasteiger partial charge in [0.1, 0.15) is 6.10 Å². The molecule has 1 unspecified atom stereocenters. The zero-order valence-corrected chi connectivity index (χ0v) is 34.4. The normalized spacial score (nSPS) is 36.4. The predicted octanol–water partition coefficient (Wildman–Crippen LogP) is 9.55. The number of allylic oxidation sites excluding steroid dienone is 1. The number of aliphatic hydroxyl groups excluding tert-OH is 1. The van der Waals surface area contributed by atoms with Gasteiger partial charge < -0.3 is 20.3 Å². The average molecular weight is 772 g/mol. The lowest BCUT2D eigenvalue weighted by Gasteiger charge is -2.72. The second-order valence-electron chi connectivity index (χ2n) is 20.4. The number of benzene rings is 1. The van der Waals surface area contributed by atoms with Crippen molar-refractivity contribution in [1.82, 2.24) is 5.32 Å². The Labute approximate surface area is 325 Å². The minimum atomic E-state index is -4.43. The topological polar surface area (TPSA) is 113 Å². The summed E-state index contributed by atoms with van der Waals surface area (Å²) in [7, 11) is 0. The van der Waals surface area contributed by atoms with E-state index in [0.29, 0.717) is 23.8 Å². The van der Waals surface area contributed by atoms with Gasteiger partial charge in [-0.05, 0) is 122 Å². The van der Waals surface area contributed by atoms with Gasteiger partial charge in [0, 0.05) is 30.3 Å². The molecule has 4 fully saturated rings. The van der Waals surface area contributed by atoms with Crippen molar-refractivity contribution in [2.45, 2.75) is 151 Å². The van der Waals surface area contributed by atoms with Gasteiger partial charge in [0.15, 0.2) is 5.78 Å². The van der Waals surface area contributed by atoms with Crippen molar-refractivity contribution in [3.8, 4) is 0 Å².